The molecule has 0 bridgehead atoms. The number of rotatable bonds is 1. The average molecular weight is 250 g/mol. The van der Waals surface area contributed by atoms with Crippen LogP contribution in [-0.2, 0) is 10.8 Å². The molecular weight excluding hydrogens is 224 g/mol. The van der Waals surface area contributed by atoms with Crippen LogP contribution in [0.3, 0.4) is 0 Å². The van der Waals surface area contributed by atoms with Gasteiger partial charge in [0.2, 0.25) is 0 Å². The molecule has 0 amide bonds. The highest BCUT2D eigenvalue weighted by molar-refractivity contribution is 5.24. The summed E-state index contributed by atoms with van der Waals surface area (Å²) in [5.41, 5.74) is 2.47. The molecule has 1 saturated carbocycles. The van der Waals surface area contributed by atoms with Crippen LogP contribution in [0.2, 0.25) is 0 Å². The van der Waals surface area contributed by atoms with Gasteiger partial charge >= 0.3 is 0 Å². The summed E-state index contributed by atoms with van der Waals surface area (Å²) < 4.78 is 2.08. The Hall–Kier alpha value is -0.830. The van der Waals surface area contributed by atoms with Crippen LogP contribution in [0.4, 0.5) is 0 Å². The maximum Gasteiger partial charge on any atom is 0.0782 e. The Morgan fingerprint density at radius 3 is 2.06 bits per heavy atom. The van der Waals surface area contributed by atoms with Gasteiger partial charge in [-0.2, -0.15) is 5.10 Å². The van der Waals surface area contributed by atoms with Crippen molar-refractivity contribution in [1.82, 2.24) is 9.78 Å². The molecule has 1 heterocycles. The van der Waals surface area contributed by atoms with Crippen molar-refractivity contribution in [1.29, 1.82) is 0 Å². The van der Waals surface area contributed by atoms with Gasteiger partial charge in [0.25, 0.3) is 0 Å². The SMILES string of the molecule is CC(C)(C)c1cc(C(C)(C)C)n(C2CCC2O)n1. The lowest BCUT2D eigenvalue weighted by atomic mass is 9.85. The highest BCUT2D eigenvalue weighted by atomic mass is 16.3. The summed E-state index contributed by atoms with van der Waals surface area (Å²) in [5, 5.41) is 14.7. The number of hydrogen-bond acceptors (Lipinski definition) is 2. The van der Waals surface area contributed by atoms with E-state index in [2.05, 4.69) is 52.3 Å². The van der Waals surface area contributed by atoms with Gasteiger partial charge in [-0.15, -0.1) is 0 Å². The van der Waals surface area contributed by atoms with Crippen molar-refractivity contribution < 1.29 is 5.11 Å². The number of nitrogens with zero attached hydrogens (tertiary/aromatic N) is 2. The summed E-state index contributed by atoms with van der Waals surface area (Å²) in [4.78, 5) is 0. The van der Waals surface area contributed by atoms with Crippen molar-refractivity contribution in [3.05, 3.63) is 17.5 Å². The Morgan fingerprint density at radius 2 is 1.72 bits per heavy atom. The van der Waals surface area contributed by atoms with E-state index in [1.807, 2.05) is 0 Å². The minimum absolute atomic E-state index is 0.0555. The first kappa shape index (κ1) is 13.6. The van der Waals surface area contributed by atoms with E-state index in [9.17, 15) is 5.11 Å². The Morgan fingerprint density at radius 1 is 1.11 bits per heavy atom. The summed E-state index contributed by atoms with van der Waals surface area (Å²) >= 11 is 0. The average Bonchev–Trinajstić information content (AvgIpc) is 2.58. The van der Waals surface area contributed by atoms with E-state index in [1.165, 1.54) is 5.69 Å². The molecule has 0 aliphatic heterocycles. The minimum Gasteiger partial charge on any atom is -0.391 e. The quantitative estimate of drug-likeness (QED) is 0.831. The number of aliphatic hydroxyl groups is 1. The minimum atomic E-state index is -0.223. The molecule has 0 saturated heterocycles. The van der Waals surface area contributed by atoms with Gasteiger partial charge in [-0.1, -0.05) is 41.5 Å². The van der Waals surface area contributed by atoms with E-state index in [1.54, 1.807) is 0 Å². The van der Waals surface area contributed by atoms with Gasteiger partial charge in [0.1, 0.15) is 0 Å². The van der Waals surface area contributed by atoms with Crippen molar-refractivity contribution in [2.75, 3.05) is 0 Å². The smallest absolute Gasteiger partial charge is 0.0782 e. The Kier molecular flexibility index (Phi) is 3.09. The Bertz CT molecular complexity index is 434. The highest BCUT2D eigenvalue weighted by Crippen LogP contribution is 2.37. The molecular formula is C15H26N2O. The molecule has 0 radical (unpaired) electrons. The van der Waals surface area contributed by atoms with E-state index in [0.29, 0.717) is 0 Å². The molecule has 1 aliphatic carbocycles. The Balaban J connectivity index is 2.46. The van der Waals surface area contributed by atoms with Crippen molar-refractivity contribution in [3.8, 4) is 0 Å². The largest absolute Gasteiger partial charge is 0.391 e. The normalized spacial score (nSPS) is 25.1. The summed E-state index contributed by atoms with van der Waals surface area (Å²) in [7, 11) is 0. The number of hydrogen-bond donors (Lipinski definition) is 1. The third-order valence-corrected chi connectivity index (χ3v) is 3.79. The van der Waals surface area contributed by atoms with E-state index < -0.39 is 0 Å². The summed E-state index contributed by atoms with van der Waals surface area (Å²) in [6, 6.07) is 2.39. The van der Waals surface area contributed by atoms with Gasteiger partial charge in [0, 0.05) is 16.5 Å². The molecule has 1 aromatic heterocycles. The fourth-order valence-corrected chi connectivity index (χ4v) is 2.32. The maximum atomic E-state index is 9.90. The number of aliphatic hydroxyl groups excluding tert-OH is 1. The van der Waals surface area contributed by atoms with Gasteiger partial charge in [-0.05, 0) is 18.9 Å². The molecule has 2 rings (SSSR count). The van der Waals surface area contributed by atoms with Crippen LogP contribution in [-0.4, -0.2) is 21.0 Å². The van der Waals surface area contributed by atoms with Crippen LogP contribution < -0.4 is 0 Å². The first-order chi connectivity index (χ1) is 8.10. The van der Waals surface area contributed by atoms with Crippen molar-refractivity contribution in [2.24, 2.45) is 0 Å². The molecule has 18 heavy (non-hydrogen) atoms. The number of aromatic nitrogens is 2. The second-order valence-corrected chi connectivity index (χ2v) is 7.57. The van der Waals surface area contributed by atoms with Crippen molar-refractivity contribution >= 4 is 0 Å². The molecule has 1 aromatic rings. The van der Waals surface area contributed by atoms with Crippen LogP contribution in [0.5, 0.6) is 0 Å². The van der Waals surface area contributed by atoms with E-state index >= 15 is 0 Å². The molecule has 3 heteroatoms. The van der Waals surface area contributed by atoms with Gasteiger partial charge in [0.05, 0.1) is 17.8 Å². The summed E-state index contributed by atoms with van der Waals surface area (Å²) in [6.45, 7) is 13.2. The highest BCUT2D eigenvalue weighted by Gasteiger charge is 2.36. The molecule has 2 atom stereocenters. The first-order valence-corrected chi connectivity index (χ1v) is 6.89. The lowest BCUT2D eigenvalue weighted by Crippen LogP contribution is -2.37. The molecule has 1 fully saturated rings. The zero-order valence-corrected chi connectivity index (χ0v) is 12.5. The molecule has 1 aliphatic rings. The fourth-order valence-electron chi connectivity index (χ4n) is 2.32. The monoisotopic (exact) mass is 250 g/mol. The summed E-state index contributed by atoms with van der Waals surface area (Å²) in [6.07, 6.45) is 1.72. The molecule has 2 unspecified atom stereocenters. The second-order valence-electron chi connectivity index (χ2n) is 7.57. The van der Waals surface area contributed by atoms with Crippen LogP contribution >= 0.6 is 0 Å². The third kappa shape index (κ3) is 2.33. The predicted octanol–water partition coefficient (Wildman–Crippen LogP) is 3.17. The van der Waals surface area contributed by atoms with E-state index in [0.717, 1.165) is 18.5 Å². The molecule has 0 aromatic carbocycles. The second kappa shape index (κ2) is 4.09. The lowest BCUT2D eigenvalue weighted by Gasteiger charge is -2.35. The van der Waals surface area contributed by atoms with E-state index in [-0.39, 0.29) is 23.0 Å². The molecule has 1 N–H and O–H groups in total. The zero-order valence-electron chi connectivity index (χ0n) is 12.5. The molecule has 0 spiro atoms. The zero-order chi connectivity index (χ0) is 13.7. The van der Waals surface area contributed by atoms with Crippen LogP contribution in [0.25, 0.3) is 0 Å². The van der Waals surface area contributed by atoms with Gasteiger partial charge in [0.15, 0.2) is 0 Å². The van der Waals surface area contributed by atoms with Crippen molar-refractivity contribution in [2.45, 2.75) is 77.4 Å². The van der Waals surface area contributed by atoms with Crippen LogP contribution in [0.1, 0.15) is 71.8 Å². The molecule has 102 valence electrons. The Labute approximate surface area is 110 Å². The maximum absolute atomic E-state index is 9.90. The fraction of sp³-hybridized carbons (Fsp3) is 0.800. The molecule has 3 nitrogen and oxygen atoms in total. The van der Waals surface area contributed by atoms with Gasteiger partial charge < -0.3 is 5.11 Å². The summed E-state index contributed by atoms with van der Waals surface area (Å²) in [5.74, 6) is 0. The third-order valence-electron chi connectivity index (χ3n) is 3.79. The standard InChI is InChI=1S/C15H26N2O/c1-14(2,3)12-9-13(15(4,5)6)17(16-12)10-7-8-11(10)18/h9-11,18H,7-8H2,1-6H3. The van der Waals surface area contributed by atoms with Crippen LogP contribution in [0.15, 0.2) is 6.07 Å². The van der Waals surface area contributed by atoms with Gasteiger partial charge in [-0.3, -0.25) is 4.68 Å². The van der Waals surface area contributed by atoms with Gasteiger partial charge in [-0.25, -0.2) is 0 Å². The van der Waals surface area contributed by atoms with E-state index in [4.69, 9.17) is 5.10 Å². The lowest BCUT2D eigenvalue weighted by molar-refractivity contribution is 0.0223. The van der Waals surface area contributed by atoms with Crippen LogP contribution in [0, 0.1) is 0 Å². The van der Waals surface area contributed by atoms with Crippen molar-refractivity contribution in [3.63, 3.8) is 0 Å². The first-order valence-electron chi connectivity index (χ1n) is 6.89. The topological polar surface area (TPSA) is 38.0 Å². The predicted molar refractivity (Wildman–Crippen MR) is 73.9 cm³/mol.